The van der Waals surface area contributed by atoms with Crippen LogP contribution in [0, 0.1) is 29.1 Å². The van der Waals surface area contributed by atoms with E-state index >= 15 is 0 Å². The van der Waals surface area contributed by atoms with E-state index in [1.165, 1.54) is 5.57 Å². The molecule has 5 rings (SSSR count). The van der Waals surface area contributed by atoms with Gasteiger partial charge in [-0.2, -0.15) is 0 Å². The molecule has 1 aliphatic heterocycles. The molecule has 0 aromatic rings. The maximum absolute atomic E-state index is 11.5. The van der Waals surface area contributed by atoms with Crippen LogP contribution in [-0.2, 0) is 18.9 Å². The van der Waals surface area contributed by atoms with Gasteiger partial charge < -0.3 is 24.1 Å². The predicted octanol–water partition coefficient (Wildman–Crippen LogP) is 5.07. The molecule has 3 saturated carbocycles. The molecule has 5 heteroatoms. The standard InChI is InChI=1S/C24H38O5.C2H6/c1-4-22-15-20(25)21-17-8-10-23(28-12-13-29-23)14-16(17)6-7-18(21)19(22)9-11-24(22,26-3)27-5-2;1-2/h14,17-21,25H,4-13,15H2,1-3H3;1-2H3. The van der Waals surface area contributed by atoms with Gasteiger partial charge in [0.15, 0.2) is 11.6 Å². The SMILES string of the molecule is CC.CCOC1(OC)CCC2C3CCC4=CC5(CCC4C3C(O)CC21CC)OCCO5. The van der Waals surface area contributed by atoms with Crippen molar-refractivity contribution in [3.05, 3.63) is 11.6 Å². The summed E-state index contributed by atoms with van der Waals surface area (Å²) in [5.74, 6) is 0.945. The molecule has 0 amide bonds. The highest BCUT2D eigenvalue weighted by Crippen LogP contribution is 2.67. The average molecular weight is 437 g/mol. The minimum atomic E-state index is -0.536. The Morgan fingerprint density at radius 3 is 2.48 bits per heavy atom. The fourth-order valence-corrected chi connectivity index (χ4v) is 8.33. The van der Waals surface area contributed by atoms with Crippen molar-refractivity contribution in [1.29, 1.82) is 0 Å². The molecule has 0 bridgehead atoms. The summed E-state index contributed by atoms with van der Waals surface area (Å²) in [5.41, 5.74) is 1.40. The summed E-state index contributed by atoms with van der Waals surface area (Å²) in [5, 5.41) is 11.5. The van der Waals surface area contributed by atoms with Crippen molar-refractivity contribution in [3.63, 3.8) is 0 Å². The van der Waals surface area contributed by atoms with E-state index in [1.54, 1.807) is 7.11 Å². The molecule has 1 N–H and O–H groups in total. The summed E-state index contributed by atoms with van der Waals surface area (Å²) >= 11 is 0. The number of hydrogen-bond acceptors (Lipinski definition) is 5. The highest BCUT2D eigenvalue weighted by Gasteiger charge is 2.67. The van der Waals surface area contributed by atoms with E-state index in [0.29, 0.717) is 43.5 Å². The van der Waals surface area contributed by atoms with Crippen LogP contribution >= 0.6 is 0 Å². The fourth-order valence-electron chi connectivity index (χ4n) is 8.33. The molecule has 0 radical (unpaired) electrons. The minimum absolute atomic E-state index is 0.0763. The quantitative estimate of drug-likeness (QED) is 0.493. The van der Waals surface area contributed by atoms with Gasteiger partial charge in [-0.1, -0.05) is 26.3 Å². The molecule has 0 aromatic heterocycles. The molecular formula is C26H44O5. The zero-order valence-electron chi connectivity index (χ0n) is 20.3. The second-order valence-electron chi connectivity index (χ2n) is 9.97. The highest BCUT2D eigenvalue weighted by molar-refractivity contribution is 5.24. The molecule has 1 saturated heterocycles. The average Bonchev–Trinajstić information content (AvgIpc) is 3.38. The lowest BCUT2D eigenvalue weighted by molar-refractivity contribution is -0.301. The van der Waals surface area contributed by atoms with Crippen LogP contribution in [0.2, 0.25) is 0 Å². The topological polar surface area (TPSA) is 57.2 Å². The zero-order valence-corrected chi connectivity index (χ0v) is 20.3. The predicted molar refractivity (Wildman–Crippen MR) is 120 cm³/mol. The van der Waals surface area contributed by atoms with E-state index in [-0.39, 0.29) is 11.5 Å². The van der Waals surface area contributed by atoms with Gasteiger partial charge in [-0.25, -0.2) is 0 Å². The van der Waals surface area contributed by atoms with Crippen LogP contribution in [0.15, 0.2) is 11.6 Å². The van der Waals surface area contributed by atoms with Gasteiger partial charge in [0.2, 0.25) is 0 Å². The van der Waals surface area contributed by atoms with Crippen LogP contribution in [0.25, 0.3) is 0 Å². The Morgan fingerprint density at radius 1 is 1.10 bits per heavy atom. The van der Waals surface area contributed by atoms with Crippen LogP contribution in [0.5, 0.6) is 0 Å². The van der Waals surface area contributed by atoms with Gasteiger partial charge in [-0.15, -0.1) is 0 Å². The summed E-state index contributed by atoms with van der Waals surface area (Å²) < 4.78 is 24.4. The normalized spacial score (nSPS) is 45.2. The molecule has 4 aliphatic carbocycles. The van der Waals surface area contributed by atoms with Crippen LogP contribution in [-0.4, -0.2) is 49.7 Å². The van der Waals surface area contributed by atoms with Crippen molar-refractivity contribution in [2.45, 2.75) is 96.7 Å². The molecule has 7 atom stereocenters. The lowest BCUT2D eigenvalue weighted by Crippen LogP contribution is -2.60. The van der Waals surface area contributed by atoms with Gasteiger partial charge in [0, 0.05) is 32.0 Å². The van der Waals surface area contributed by atoms with Gasteiger partial charge in [0.25, 0.3) is 0 Å². The molecule has 1 heterocycles. The Bertz CT molecular complexity index is 656. The third kappa shape index (κ3) is 3.45. The summed E-state index contributed by atoms with van der Waals surface area (Å²) in [6.07, 6.45) is 10.1. The van der Waals surface area contributed by atoms with Crippen molar-refractivity contribution < 1.29 is 24.1 Å². The minimum Gasteiger partial charge on any atom is -0.393 e. The highest BCUT2D eigenvalue weighted by atomic mass is 16.7. The van der Waals surface area contributed by atoms with Gasteiger partial charge >= 0.3 is 0 Å². The summed E-state index contributed by atoms with van der Waals surface area (Å²) in [6, 6.07) is 0. The molecule has 5 nitrogen and oxygen atoms in total. The van der Waals surface area contributed by atoms with Crippen molar-refractivity contribution in [2.75, 3.05) is 26.9 Å². The third-order valence-electron chi connectivity index (χ3n) is 9.31. The number of fused-ring (bicyclic) bond motifs is 5. The number of hydrogen-bond donors (Lipinski definition) is 1. The first-order valence-corrected chi connectivity index (χ1v) is 12.9. The van der Waals surface area contributed by atoms with Crippen LogP contribution < -0.4 is 0 Å². The number of allylic oxidation sites excluding steroid dienone is 1. The van der Waals surface area contributed by atoms with Gasteiger partial charge in [-0.3, -0.25) is 0 Å². The van der Waals surface area contributed by atoms with Crippen LogP contribution in [0.1, 0.15) is 79.1 Å². The largest absolute Gasteiger partial charge is 0.393 e. The van der Waals surface area contributed by atoms with Gasteiger partial charge in [-0.05, 0) is 75.2 Å². The zero-order chi connectivity index (χ0) is 22.3. The summed E-state index contributed by atoms with van der Waals surface area (Å²) in [6.45, 7) is 10.4. The van der Waals surface area contributed by atoms with E-state index in [9.17, 15) is 5.11 Å². The van der Waals surface area contributed by atoms with Crippen LogP contribution in [0.3, 0.4) is 0 Å². The number of rotatable bonds is 4. The number of methoxy groups -OCH3 is 1. The van der Waals surface area contributed by atoms with Gasteiger partial charge in [0.05, 0.1) is 19.3 Å². The maximum Gasteiger partial charge on any atom is 0.188 e. The summed E-state index contributed by atoms with van der Waals surface area (Å²) in [7, 11) is 1.80. The molecule has 7 unspecified atom stereocenters. The lowest BCUT2D eigenvalue weighted by atomic mass is 9.49. The smallest absolute Gasteiger partial charge is 0.188 e. The first kappa shape index (κ1) is 23.7. The molecule has 178 valence electrons. The maximum atomic E-state index is 11.5. The first-order chi connectivity index (χ1) is 15.0. The van der Waals surface area contributed by atoms with Crippen molar-refractivity contribution in [3.8, 4) is 0 Å². The van der Waals surface area contributed by atoms with E-state index < -0.39 is 11.6 Å². The van der Waals surface area contributed by atoms with Crippen molar-refractivity contribution >= 4 is 0 Å². The summed E-state index contributed by atoms with van der Waals surface area (Å²) in [4.78, 5) is 0. The Morgan fingerprint density at radius 2 is 1.84 bits per heavy atom. The monoisotopic (exact) mass is 436 g/mol. The third-order valence-corrected chi connectivity index (χ3v) is 9.31. The number of aliphatic hydroxyl groups excluding tert-OH is 1. The molecule has 31 heavy (non-hydrogen) atoms. The second kappa shape index (κ2) is 9.06. The Kier molecular flexibility index (Phi) is 6.92. The van der Waals surface area contributed by atoms with E-state index in [0.717, 1.165) is 51.4 Å². The van der Waals surface area contributed by atoms with E-state index in [4.69, 9.17) is 18.9 Å². The van der Waals surface area contributed by atoms with E-state index in [1.807, 2.05) is 13.8 Å². The Labute approximate surface area is 188 Å². The van der Waals surface area contributed by atoms with Crippen molar-refractivity contribution in [2.24, 2.45) is 29.1 Å². The molecule has 1 spiro atoms. The van der Waals surface area contributed by atoms with E-state index in [2.05, 4.69) is 19.9 Å². The fraction of sp³-hybridized carbons (Fsp3) is 0.923. The molecular weight excluding hydrogens is 392 g/mol. The number of aliphatic hydroxyl groups is 1. The number of ether oxygens (including phenoxy) is 4. The van der Waals surface area contributed by atoms with Crippen molar-refractivity contribution in [1.82, 2.24) is 0 Å². The Hall–Kier alpha value is -0.460. The molecule has 0 aromatic carbocycles. The Balaban J connectivity index is 0.00000112. The second-order valence-corrected chi connectivity index (χ2v) is 9.97. The van der Waals surface area contributed by atoms with Crippen LogP contribution in [0.4, 0.5) is 0 Å². The molecule has 5 aliphatic rings. The first-order valence-electron chi connectivity index (χ1n) is 12.9. The molecule has 4 fully saturated rings. The van der Waals surface area contributed by atoms with Gasteiger partial charge in [0.1, 0.15) is 0 Å². The lowest BCUT2D eigenvalue weighted by Gasteiger charge is -2.59.